The molecule has 0 unspecified atom stereocenters. The van der Waals surface area contributed by atoms with Crippen molar-refractivity contribution < 1.29 is 8.78 Å². The van der Waals surface area contributed by atoms with Crippen LogP contribution in [0.5, 0.6) is 0 Å². The van der Waals surface area contributed by atoms with Crippen LogP contribution in [0.4, 0.5) is 14.6 Å². The van der Waals surface area contributed by atoms with Gasteiger partial charge in [-0.25, -0.2) is 13.8 Å². The molecule has 2 saturated carbocycles. The highest BCUT2D eigenvalue weighted by Crippen LogP contribution is 2.61. The van der Waals surface area contributed by atoms with E-state index in [0.717, 1.165) is 24.7 Å². The van der Waals surface area contributed by atoms with E-state index in [1.54, 1.807) is 0 Å². The van der Waals surface area contributed by atoms with Crippen LogP contribution < -0.4 is 5.32 Å². The number of aromatic nitrogens is 1. The van der Waals surface area contributed by atoms with Crippen LogP contribution in [-0.2, 0) is 0 Å². The van der Waals surface area contributed by atoms with E-state index in [4.69, 9.17) is 0 Å². The zero-order chi connectivity index (χ0) is 11.2. The molecule has 0 atom stereocenters. The number of hydrogen-bond acceptors (Lipinski definition) is 2. The van der Waals surface area contributed by atoms with Gasteiger partial charge in [0.1, 0.15) is 5.82 Å². The summed E-state index contributed by atoms with van der Waals surface area (Å²) in [6, 6.07) is 0.867. The molecule has 3 rings (SSSR count). The van der Waals surface area contributed by atoms with Crippen molar-refractivity contribution in [2.24, 2.45) is 11.3 Å². The number of halogens is 2. The minimum atomic E-state index is -0.633. The molecular weight excluding hydrogens is 210 g/mol. The van der Waals surface area contributed by atoms with Gasteiger partial charge in [0.2, 0.25) is 0 Å². The van der Waals surface area contributed by atoms with Crippen molar-refractivity contribution in [2.75, 3.05) is 11.9 Å². The van der Waals surface area contributed by atoms with Crippen LogP contribution in [-0.4, -0.2) is 11.5 Å². The van der Waals surface area contributed by atoms with Crippen LogP contribution in [0.1, 0.15) is 25.7 Å². The Hall–Kier alpha value is -1.19. The van der Waals surface area contributed by atoms with Gasteiger partial charge in [0.05, 0.1) is 6.20 Å². The summed E-state index contributed by atoms with van der Waals surface area (Å²) in [4.78, 5) is 3.73. The fourth-order valence-electron chi connectivity index (χ4n) is 2.39. The highest BCUT2D eigenvalue weighted by atomic mass is 19.1. The van der Waals surface area contributed by atoms with Gasteiger partial charge in [-0.3, -0.25) is 0 Å². The van der Waals surface area contributed by atoms with Gasteiger partial charge in [-0.05, 0) is 37.0 Å². The van der Waals surface area contributed by atoms with Crippen molar-refractivity contribution in [2.45, 2.75) is 25.7 Å². The van der Waals surface area contributed by atoms with E-state index < -0.39 is 11.6 Å². The Kier molecular flexibility index (Phi) is 2.13. The van der Waals surface area contributed by atoms with Crippen LogP contribution in [0.25, 0.3) is 0 Å². The van der Waals surface area contributed by atoms with Crippen LogP contribution in [0.3, 0.4) is 0 Å². The van der Waals surface area contributed by atoms with Gasteiger partial charge in [-0.2, -0.15) is 0 Å². The second kappa shape index (κ2) is 3.40. The molecule has 1 N–H and O–H groups in total. The predicted octanol–water partition coefficient (Wildman–Crippen LogP) is 2.96. The molecule has 0 spiro atoms. The zero-order valence-corrected chi connectivity index (χ0v) is 8.97. The Bertz CT molecular complexity index is 411. The first-order valence-electron chi connectivity index (χ1n) is 5.75. The molecule has 1 aromatic rings. The summed E-state index contributed by atoms with van der Waals surface area (Å²) in [7, 11) is 0. The quantitative estimate of drug-likeness (QED) is 0.850. The normalized spacial score (nSPS) is 21.9. The lowest BCUT2D eigenvalue weighted by Gasteiger charge is -2.15. The third kappa shape index (κ3) is 1.77. The molecule has 0 radical (unpaired) electrons. The molecule has 0 saturated heterocycles. The van der Waals surface area contributed by atoms with Crippen molar-refractivity contribution >= 4 is 5.82 Å². The smallest absolute Gasteiger partial charge is 0.168 e. The molecule has 4 heteroatoms. The number of pyridine rings is 1. The van der Waals surface area contributed by atoms with Crippen molar-refractivity contribution in [1.82, 2.24) is 4.98 Å². The highest BCUT2D eigenvalue weighted by molar-refractivity contribution is 5.36. The van der Waals surface area contributed by atoms with E-state index in [-0.39, 0.29) is 5.82 Å². The van der Waals surface area contributed by atoms with Gasteiger partial charge in [-0.1, -0.05) is 0 Å². The maximum atomic E-state index is 13.3. The minimum Gasteiger partial charge on any atom is -0.367 e. The van der Waals surface area contributed by atoms with Crippen LogP contribution in [0.2, 0.25) is 0 Å². The van der Waals surface area contributed by atoms with Gasteiger partial charge in [-0.15, -0.1) is 0 Å². The lowest BCUT2D eigenvalue weighted by atomic mass is 10.0. The van der Waals surface area contributed by atoms with E-state index in [2.05, 4.69) is 10.3 Å². The molecule has 2 fully saturated rings. The molecule has 0 amide bonds. The van der Waals surface area contributed by atoms with Crippen LogP contribution in [0, 0.1) is 23.0 Å². The number of nitrogens with one attached hydrogen (secondary N) is 1. The summed E-state index contributed by atoms with van der Waals surface area (Å²) in [5.41, 5.74) is 0.391. The molecule has 0 bridgehead atoms. The first kappa shape index (κ1) is 10.00. The number of rotatable bonds is 4. The average molecular weight is 224 g/mol. The van der Waals surface area contributed by atoms with E-state index in [9.17, 15) is 8.78 Å². The SMILES string of the molecule is Fc1cnc(NCC2(C3CC3)CC2)c(F)c1. The second-order valence-corrected chi connectivity index (χ2v) is 4.97. The molecule has 1 aromatic heterocycles. The molecule has 16 heavy (non-hydrogen) atoms. The summed E-state index contributed by atoms with van der Waals surface area (Å²) in [5, 5.41) is 3.01. The fourth-order valence-corrected chi connectivity index (χ4v) is 2.39. The molecule has 0 aromatic carbocycles. The Labute approximate surface area is 93.1 Å². The van der Waals surface area contributed by atoms with Crippen molar-refractivity contribution in [3.63, 3.8) is 0 Å². The Balaban J connectivity index is 1.66. The summed E-state index contributed by atoms with van der Waals surface area (Å²) in [6.45, 7) is 0.771. The molecule has 2 aliphatic rings. The van der Waals surface area contributed by atoms with E-state index in [1.807, 2.05) is 0 Å². The monoisotopic (exact) mass is 224 g/mol. The highest BCUT2D eigenvalue weighted by Gasteiger charge is 2.53. The summed E-state index contributed by atoms with van der Waals surface area (Å²) in [6.07, 6.45) is 6.12. The second-order valence-electron chi connectivity index (χ2n) is 4.97. The zero-order valence-electron chi connectivity index (χ0n) is 8.97. The maximum Gasteiger partial charge on any atom is 0.168 e. The van der Waals surface area contributed by atoms with Crippen molar-refractivity contribution in [3.05, 3.63) is 23.9 Å². The van der Waals surface area contributed by atoms with Crippen LogP contribution in [0.15, 0.2) is 12.3 Å². The van der Waals surface area contributed by atoms with Gasteiger partial charge in [0, 0.05) is 12.6 Å². The lowest BCUT2D eigenvalue weighted by Crippen LogP contribution is -2.18. The first-order chi connectivity index (χ1) is 7.70. The van der Waals surface area contributed by atoms with Gasteiger partial charge in [0.15, 0.2) is 11.6 Å². The van der Waals surface area contributed by atoms with E-state index in [0.29, 0.717) is 5.41 Å². The maximum absolute atomic E-state index is 13.3. The van der Waals surface area contributed by atoms with Gasteiger partial charge < -0.3 is 5.32 Å². The minimum absolute atomic E-state index is 0.174. The molecule has 2 aliphatic carbocycles. The molecule has 1 heterocycles. The topological polar surface area (TPSA) is 24.9 Å². The number of anilines is 1. The third-order valence-electron chi connectivity index (χ3n) is 3.75. The predicted molar refractivity (Wildman–Crippen MR) is 57.0 cm³/mol. The standard InChI is InChI=1S/C12H14F2N2/c13-9-5-10(14)11(15-6-9)16-7-12(3-4-12)8-1-2-8/h5-6,8H,1-4,7H2,(H,15,16). The summed E-state index contributed by atoms with van der Waals surface area (Å²) in [5.74, 6) is -0.241. The van der Waals surface area contributed by atoms with Crippen LogP contribution >= 0.6 is 0 Å². The first-order valence-corrected chi connectivity index (χ1v) is 5.75. The summed E-state index contributed by atoms with van der Waals surface area (Å²) < 4.78 is 25.9. The largest absolute Gasteiger partial charge is 0.367 e. The molecular formula is C12H14F2N2. The van der Waals surface area contributed by atoms with Crippen molar-refractivity contribution in [1.29, 1.82) is 0 Å². The Morgan fingerprint density at radius 1 is 1.38 bits per heavy atom. The Morgan fingerprint density at radius 2 is 2.12 bits per heavy atom. The van der Waals surface area contributed by atoms with Gasteiger partial charge in [0.25, 0.3) is 0 Å². The number of nitrogens with zero attached hydrogens (tertiary/aromatic N) is 1. The fraction of sp³-hybridized carbons (Fsp3) is 0.583. The van der Waals surface area contributed by atoms with E-state index >= 15 is 0 Å². The van der Waals surface area contributed by atoms with Gasteiger partial charge >= 0.3 is 0 Å². The average Bonchev–Trinajstić information content (AvgIpc) is 3.11. The molecule has 86 valence electrons. The number of hydrogen-bond donors (Lipinski definition) is 1. The molecule has 0 aliphatic heterocycles. The Morgan fingerprint density at radius 3 is 2.69 bits per heavy atom. The van der Waals surface area contributed by atoms with Crippen molar-refractivity contribution in [3.8, 4) is 0 Å². The van der Waals surface area contributed by atoms with E-state index in [1.165, 1.54) is 25.7 Å². The molecule has 2 nitrogen and oxygen atoms in total. The summed E-state index contributed by atoms with van der Waals surface area (Å²) >= 11 is 0. The lowest BCUT2D eigenvalue weighted by molar-refractivity contribution is 0.464. The third-order valence-corrected chi connectivity index (χ3v) is 3.75.